The number of carbonyl (C=O) groups is 4. The molecule has 2 aromatic heterocycles. The van der Waals surface area contributed by atoms with Crippen molar-refractivity contribution in [1.29, 1.82) is 0 Å². The van der Waals surface area contributed by atoms with Crippen molar-refractivity contribution in [2.24, 2.45) is 16.5 Å². The number of imidazole rings is 1. The van der Waals surface area contributed by atoms with Crippen LogP contribution in [0.2, 0.25) is 0 Å². The van der Waals surface area contributed by atoms with Gasteiger partial charge in [-0.3, -0.25) is 24.2 Å². The summed E-state index contributed by atoms with van der Waals surface area (Å²) in [6, 6.07) is 3.10. The molecule has 1 fully saturated rings. The number of nitrogens with one attached hydrogen (secondary N) is 3. The molecule has 1 aliphatic rings. The number of likely N-dealkylation sites (tertiary alicyclic amines) is 1. The standard InChI is InChI=1S/C25H29F3N10O5/c26-25(27,28)23-36-21(37-43-23)20(41)15(3-1-7-31-24(29)30)34-19(40)11-38-8-2-4-16(22(38)42)35-18(39)10-13-5-6-14-17(9-13)33-12-32-14/h5-6,9,12,15-16H,1-4,7-8,10-11H2,(H,32,33)(H,34,40)(H,35,39)(H4,29,30,31)/t15-,16-/m0/s1. The van der Waals surface area contributed by atoms with Crippen molar-refractivity contribution < 1.29 is 36.9 Å². The largest absolute Gasteiger partial charge is 0.471 e. The van der Waals surface area contributed by atoms with E-state index in [-0.39, 0.29) is 44.2 Å². The van der Waals surface area contributed by atoms with E-state index in [0.29, 0.717) is 18.4 Å². The van der Waals surface area contributed by atoms with Gasteiger partial charge in [-0.1, -0.05) is 11.2 Å². The molecule has 4 rings (SSSR count). The molecule has 0 bridgehead atoms. The number of alkyl halides is 3. The molecular weight excluding hydrogens is 577 g/mol. The molecule has 15 nitrogen and oxygen atoms in total. The van der Waals surface area contributed by atoms with E-state index >= 15 is 0 Å². The Balaban J connectivity index is 1.36. The van der Waals surface area contributed by atoms with Crippen LogP contribution in [0.1, 0.15) is 47.8 Å². The predicted molar refractivity (Wildman–Crippen MR) is 143 cm³/mol. The van der Waals surface area contributed by atoms with Gasteiger partial charge in [0.05, 0.1) is 36.4 Å². The number of aromatic nitrogens is 4. The summed E-state index contributed by atoms with van der Waals surface area (Å²) < 4.78 is 42.8. The number of piperidine rings is 1. The van der Waals surface area contributed by atoms with Crippen LogP contribution in [0.3, 0.4) is 0 Å². The van der Waals surface area contributed by atoms with Crippen molar-refractivity contribution in [1.82, 2.24) is 35.6 Å². The van der Waals surface area contributed by atoms with Crippen molar-refractivity contribution in [3.63, 3.8) is 0 Å². The van der Waals surface area contributed by atoms with Crippen LogP contribution in [-0.2, 0) is 27.0 Å². The molecule has 0 spiro atoms. The first-order valence-electron chi connectivity index (χ1n) is 13.2. The average molecular weight is 607 g/mol. The number of hydrogen-bond donors (Lipinski definition) is 5. The first-order valence-corrected chi connectivity index (χ1v) is 13.2. The van der Waals surface area contributed by atoms with Crippen molar-refractivity contribution in [2.75, 3.05) is 19.6 Å². The van der Waals surface area contributed by atoms with Crippen LogP contribution < -0.4 is 22.1 Å². The van der Waals surface area contributed by atoms with Gasteiger partial charge < -0.3 is 36.5 Å². The Morgan fingerprint density at radius 1 is 1.23 bits per heavy atom. The smallest absolute Gasteiger partial charge is 0.370 e. The third-order valence-electron chi connectivity index (χ3n) is 6.54. The first kappa shape index (κ1) is 30.9. The van der Waals surface area contributed by atoms with Crippen LogP contribution in [-0.4, -0.2) is 86.2 Å². The van der Waals surface area contributed by atoms with Gasteiger partial charge in [0, 0.05) is 13.1 Å². The lowest BCUT2D eigenvalue weighted by Gasteiger charge is -2.32. The third kappa shape index (κ3) is 8.26. The highest BCUT2D eigenvalue weighted by atomic mass is 19.4. The van der Waals surface area contributed by atoms with Gasteiger partial charge in [-0.25, -0.2) is 4.98 Å². The van der Waals surface area contributed by atoms with Crippen molar-refractivity contribution in [3.8, 4) is 0 Å². The van der Waals surface area contributed by atoms with Gasteiger partial charge in [0.15, 0.2) is 5.96 Å². The van der Waals surface area contributed by atoms with Gasteiger partial charge in [0.1, 0.15) is 6.04 Å². The monoisotopic (exact) mass is 606 g/mol. The molecule has 3 aromatic rings. The minimum absolute atomic E-state index is 0.0228. The summed E-state index contributed by atoms with van der Waals surface area (Å²) in [7, 11) is 0. The fourth-order valence-corrected chi connectivity index (χ4v) is 4.53. The van der Waals surface area contributed by atoms with E-state index in [0.717, 1.165) is 11.0 Å². The van der Waals surface area contributed by atoms with E-state index in [1.807, 2.05) is 0 Å². The number of nitrogens with two attached hydrogens (primary N) is 2. The number of aromatic amines is 1. The normalized spacial score (nSPS) is 16.1. The van der Waals surface area contributed by atoms with Crippen molar-refractivity contribution >= 4 is 40.5 Å². The van der Waals surface area contributed by atoms with Crippen LogP contribution in [0.5, 0.6) is 0 Å². The lowest BCUT2D eigenvalue weighted by atomic mass is 10.0. The summed E-state index contributed by atoms with van der Waals surface area (Å²) >= 11 is 0. The Morgan fingerprint density at radius 3 is 2.74 bits per heavy atom. The minimum Gasteiger partial charge on any atom is -0.370 e. The Kier molecular flexibility index (Phi) is 9.56. The van der Waals surface area contributed by atoms with Gasteiger partial charge in [-0.05, 0) is 43.4 Å². The van der Waals surface area contributed by atoms with Gasteiger partial charge in [0.25, 0.3) is 0 Å². The summed E-state index contributed by atoms with van der Waals surface area (Å²) in [6.45, 7) is -0.165. The summed E-state index contributed by atoms with van der Waals surface area (Å²) in [5.74, 6) is -5.44. The Labute approximate surface area is 241 Å². The summed E-state index contributed by atoms with van der Waals surface area (Å²) in [5.41, 5.74) is 12.8. The molecule has 1 saturated heterocycles. The Bertz CT molecular complexity index is 1510. The number of aliphatic imine (C=N–C) groups is 1. The molecule has 230 valence electrons. The van der Waals surface area contributed by atoms with E-state index in [2.05, 4.69) is 40.3 Å². The second-order valence-corrected chi connectivity index (χ2v) is 9.81. The average Bonchev–Trinajstić information content (AvgIpc) is 3.62. The zero-order chi connectivity index (χ0) is 31.1. The van der Waals surface area contributed by atoms with Crippen LogP contribution in [0, 0.1) is 0 Å². The van der Waals surface area contributed by atoms with Crippen molar-refractivity contribution in [3.05, 3.63) is 41.8 Å². The van der Waals surface area contributed by atoms with Crippen LogP contribution >= 0.6 is 0 Å². The molecule has 0 unspecified atom stereocenters. The molecule has 0 saturated carbocycles. The molecule has 3 amide bonds. The fourth-order valence-electron chi connectivity index (χ4n) is 4.53. The van der Waals surface area contributed by atoms with Gasteiger partial charge in [-0.2, -0.15) is 18.2 Å². The highest BCUT2D eigenvalue weighted by molar-refractivity contribution is 5.99. The number of guanidine groups is 1. The number of halogens is 3. The molecule has 1 aliphatic heterocycles. The second-order valence-electron chi connectivity index (χ2n) is 9.81. The number of fused-ring (bicyclic) bond motifs is 1. The van der Waals surface area contributed by atoms with Crippen LogP contribution in [0.25, 0.3) is 11.0 Å². The van der Waals surface area contributed by atoms with E-state index in [1.165, 1.54) is 4.90 Å². The van der Waals surface area contributed by atoms with Gasteiger partial charge in [0.2, 0.25) is 29.3 Å². The SMILES string of the molecule is NC(N)=NCCC[C@H](NC(=O)CN1CCC[C@H](NC(=O)Cc2ccc3nc[nH]c3c2)C1=O)C(=O)c1noc(C(F)(F)F)n1. The third-order valence-corrected chi connectivity index (χ3v) is 6.54. The van der Waals surface area contributed by atoms with Gasteiger partial charge >= 0.3 is 12.1 Å². The van der Waals surface area contributed by atoms with E-state index in [9.17, 15) is 32.3 Å². The highest BCUT2D eigenvalue weighted by Gasteiger charge is 2.40. The minimum atomic E-state index is -4.97. The van der Waals surface area contributed by atoms with Crippen LogP contribution in [0.15, 0.2) is 34.0 Å². The maximum atomic E-state index is 13.1. The van der Waals surface area contributed by atoms with E-state index in [1.54, 1.807) is 24.5 Å². The van der Waals surface area contributed by atoms with Crippen LogP contribution in [0.4, 0.5) is 13.2 Å². The maximum absolute atomic E-state index is 13.1. The number of ketones is 1. The molecule has 0 aliphatic carbocycles. The quantitative estimate of drug-likeness (QED) is 0.0804. The topological polar surface area (TPSA) is 228 Å². The molecule has 1 aromatic carbocycles. The zero-order valence-corrected chi connectivity index (χ0v) is 22.7. The molecule has 7 N–H and O–H groups in total. The van der Waals surface area contributed by atoms with E-state index < -0.39 is 54.1 Å². The number of hydrogen-bond acceptors (Lipinski definition) is 9. The summed E-state index contributed by atoms with van der Waals surface area (Å²) in [6.07, 6.45) is -2.45. The molecular formula is C25H29F3N10O5. The lowest BCUT2D eigenvalue weighted by molar-refractivity contribution is -0.159. The molecule has 0 radical (unpaired) electrons. The summed E-state index contributed by atoms with van der Waals surface area (Å²) in [4.78, 5) is 66.7. The molecule has 2 atom stereocenters. The zero-order valence-electron chi connectivity index (χ0n) is 22.7. The number of amides is 3. The second kappa shape index (κ2) is 13.3. The molecule has 3 heterocycles. The maximum Gasteiger partial charge on any atom is 0.471 e. The Hall–Kier alpha value is -5.03. The first-order chi connectivity index (χ1) is 20.4. The summed E-state index contributed by atoms with van der Waals surface area (Å²) in [5, 5.41) is 8.23. The lowest BCUT2D eigenvalue weighted by Crippen LogP contribution is -2.55. The number of benzene rings is 1. The number of carbonyl (C=O) groups excluding carboxylic acids is 4. The number of Topliss-reactive ketones (excluding diaryl/α,β-unsaturated/α-hetero) is 1. The van der Waals surface area contributed by atoms with Crippen molar-refractivity contribution in [2.45, 2.75) is 50.4 Å². The number of nitrogens with zero attached hydrogens (tertiary/aromatic N) is 5. The van der Waals surface area contributed by atoms with E-state index in [4.69, 9.17) is 11.5 Å². The fraction of sp³-hybridized carbons (Fsp3) is 0.440. The molecule has 43 heavy (non-hydrogen) atoms. The Morgan fingerprint density at radius 2 is 2.02 bits per heavy atom. The number of H-pyrrole nitrogens is 1. The molecule has 18 heteroatoms. The number of rotatable bonds is 12. The highest BCUT2D eigenvalue weighted by Crippen LogP contribution is 2.27. The predicted octanol–water partition coefficient (Wildman–Crippen LogP) is 0.0357. The van der Waals surface area contributed by atoms with Gasteiger partial charge in [-0.15, -0.1) is 0 Å².